The molecule has 0 spiro atoms. The van der Waals surface area contributed by atoms with Gasteiger partial charge in [0.2, 0.25) is 0 Å². The van der Waals surface area contributed by atoms with Gasteiger partial charge in [-0.05, 0) is 0 Å². The Morgan fingerprint density at radius 2 is 0.833 bits per heavy atom. The molecular formula is C12H2O6. The van der Waals surface area contributed by atoms with Crippen LogP contribution in [0.2, 0.25) is 0 Å². The Kier molecular flexibility index (Phi) is 1.32. The number of benzene rings is 3. The smallest absolute Gasteiger partial charge is 0.347 e. The number of hydrogen-bond acceptors (Lipinski definition) is 6. The van der Waals surface area contributed by atoms with E-state index in [2.05, 4.69) is 8.83 Å². The fraction of sp³-hybridized carbons (Fsp3) is 0. The molecule has 6 nitrogen and oxygen atoms in total. The van der Waals surface area contributed by atoms with Crippen molar-refractivity contribution in [3.05, 3.63) is 53.8 Å². The maximum atomic E-state index is 11.6. The zero-order chi connectivity index (χ0) is 12.6. The lowest BCUT2D eigenvalue weighted by molar-refractivity contribution is 0.499. The van der Waals surface area contributed by atoms with Crippen LogP contribution in [-0.2, 0) is 0 Å². The summed E-state index contributed by atoms with van der Waals surface area (Å²) >= 11 is 0. The highest BCUT2D eigenvalue weighted by molar-refractivity contribution is 6.26. The summed E-state index contributed by atoms with van der Waals surface area (Å²) in [6, 6.07) is 3.01. The van der Waals surface area contributed by atoms with Gasteiger partial charge in [-0.1, -0.05) is 12.1 Å². The third kappa shape index (κ3) is 0.786. The molecule has 0 aliphatic heterocycles. The zero-order valence-corrected chi connectivity index (χ0v) is 8.60. The van der Waals surface area contributed by atoms with E-state index in [1.165, 1.54) is 12.1 Å². The zero-order valence-electron chi connectivity index (χ0n) is 8.60. The standard InChI is InChI=1S/C12H2O6/c13-9-5-3-1-2-4(7(5)11(15)17-9)8-6(3)10(14)18-12(8)16/h1-2H. The molecule has 0 saturated carbocycles. The van der Waals surface area contributed by atoms with E-state index in [0.717, 1.165) is 0 Å². The first-order chi connectivity index (χ1) is 8.59. The summed E-state index contributed by atoms with van der Waals surface area (Å²) in [6.45, 7) is 0. The lowest BCUT2D eigenvalue weighted by Crippen LogP contribution is -1.98. The van der Waals surface area contributed by atoms with Gasteiger partial charge in [-0.15, -0.1) is 0 Å². The van der Waals surface area contributed by atoms with Gasteiger partial charge in [-0.2, -0.15) is 0 Å². The van der Waals surface area contributed by atoms with E-state index in [1.54, 1.807) is 0 Å². The Morgan fingerprint density at radius 3 is 1.11 bits per heavy atom. The minimum absolute atomic E-state index is 0.0444. The van der Waals surface area contributed by atoms with Crippen LogP contribution in [0, 0.1) is 0 Å². The van der Waals surface area contributed by atoms with Crippen LogP contribution in [0.15, 0.2) is 40.1 Å². The van der Waals surface area contributed by atoms with Crippen molar-refractivity contribution in [2.24, 2.45) is 0 Å². The average molecular weight is 242 g/mol. The van der Waals surface area contributed by atoms with Crippen LogP contribution in [0.3, 0.4) is 0 Å². The first-order valence-electron chi connectivity index (χ1n) is 5.04. The van der Waals surface area contributed by atoms with Crippen LogP contribution in [-0.4, -0.2) is 0 Å². The van der Waals surface area contributed by atoms with Crippen molar-refractivity contribution in [1.29, 1.82) is 0 Å². The second-order valence-electron chi connectivity index (χ2n) is 4.01. The second kappa shape index (κ2) is 2.56. The molecule has 0 amide bonds. The third-order valence-electron chi connectivity index (χ3n) is 3.18. The maximum Gasteiger partial charge on any atom is 0.347 e. The van der Waals surface area contributed by atoms with Crippen LogP contribution in [0.4, 0.5) is 0 Å². The minimum Gasteiger partial charge on any atom is -0.386 e. The molecule has 0 fully saturated rings. The van der Waals surface area contributed by atoms with Crippen molar-refractivity contribution < 1.29 is 8.83 Å². The Balaban J connectivity index is 2.69. The van der Waals surface area contributed by atoms with Crippen molar-refractivity contribution in [1.82, 2.24) is 0 Å². The van der Waals surface area contributed by atoms with Crippen LogP contribution in [0.5, 0.6) is 0 Å². The molecule has 0 saturated heterocycles. The molecule has 0 aliphatic carbocycles. The van der Waals surface area contributed by atoms with E-state index in [4.69, 9.17) is 0 Å². The Bertz CT molecular complexity index is 963. The van der Waals surface area contributed by atoms with E-state index < -0.39 is 22.5 Å². The van der Waals surface area contributed by atoms with E-state index in [0.29, 0.717) is 0 Å². The predicted octanol–water partition coefficient (Wildman–Crippen LogP) is 0.0864. The van der Waals surface area contributed by atoms with Gasteiger partial charge in [0.05, 0.1) is 21.5 Å². The van der Waals surface area contributed by atoms with E-state index in [1.807, 2.05) is 0 Å². The normalized spacial score (nSPS) is 12.2. The van der Waals surface area contributed by atoms with Gasteiger partial charge in [0, 0.05) is 10.8 Å². The summed E-state index contributed by atoms with van der Waals surface area (Å²) < 4.78 is 9.00. The minimum atomic E-state index is -0.800. The van der Waals surface area contributed by atoms with Gasteiger partial charge in [0.15, 0.2) is 0 Å². The monoisotopic (exact) mass is 242 g/mol. The first kappa shape index (κ1) is 9.29. The SMILES string of the molecule is O=c1oc(=O)c2c3ccc(c12)c1c(=O)oc(=O)c31. The molecule has 0 radical (unpaired) electrons. The summed E-state index contributed by atoms with van der Waals surface area (Å²) in [4.78, 5) is 46.2. The fourth-order valence-corrected chi connectivity index (χ4v) is 2.51. The summed E-state index contributed by atoms with van der Waals surface area (Å²) in [6.07, 6.45) is 0. The molecule has 2 bridgehead atoms. The number of rotatable bonds is 0. The van der Waals surface area contributed by atoms with E-state index in [9.17, 15) is 19.2 Å². The number of hydrogen-bond donors (Lipinski definition) is 0. The molecule has 3 aromatic carbocycles. The highest BCUT2D eigenvalue weighted by atomic mass is 16.4. The van der Waals surface area contributed by atoms with Crippen LogP contribution < -0.4 is 22.5 Å². The van der Waals surface area contributed by atoms with Gasteiger partial charge < -0.3 is 8.83 Å². The summed E-state index contributed by atoms with van der Waals surface area (Å²) in [5.41, 5.74) is -3.20. The molecule has 5 rings (SSSR count). The Labute approximate surface area is 95.7 Å². The van der Waals surface area contributed by atoms with Crippen molar-refractivity contribution in [3.63, 3.8) is 0 Å². The fourth-order valence-electron chi connectivity index (χ4n) is 2.51. The molecule has 6 heteroatoms. The highest BCUT2D eigenvalue weighted by Crippen LogP contribution is 2.31. The average Bonchev–Trinajstić information content (AvgIpc) is 2.81. The van der Waals surface area contributed by atoms with Crippen molar-refractivity contribution in [2.45, 2.75) is 0 Å². The lowest BCUT2D eigenvalue weighted by Gasteiger charge is -2.00. The molecule has 5 aromatic rings. The quantitative estimate of drug-likeness (QED) is 0.433. The van der Waals surface area contributed by atoms with Crippen LogP contribution in [0.25, 0.3) is 32.3 Å². The van der Waals surface area contributed by atoms with Crippen LogP contribution in [0.1, 0.15) is 0 Å². The largest absolute Gasteiger partial charge is 0.386 e. The number of furan rings is 2. The van der Waals surface area contributed by atoms with E-state index in [-0.39, 0.29) is 32.3 Å². The maximum absolute atomic E-state index is 11.6. The topological polar surface area (TPSA) is 94.6 Å². The molecule has 0 N–H and O–H groups in total. The predicted molar refractivity (Wildman–Crippen MR) is 62.1 cm³/mol. The van der Waals surface area contributed by atoms with E-state index >= 15 is 0 Å². The Morgan fingerprint density at radius 1 is 0.556 bits per heavy atom. The summed E-state index contributed by atoms with van der Waals surface area (Å²) in [7, 11) is 0. The number of fused-ring (bicyclic) bond motifs is 1. The third-order valence-corrected chi connectivity index (χ3v) is 3.18. The molecule has 0 unspecified atom stereocenters. The molecule has 2 aromatic heterocycles. The molecule has 86 valence electrons. The van der Waals surface area contributed by atoms with Crippen molar-refractivity contribution in [3.8, 4) is 0 Å². The molecular weight excluding hydrogens is 240 g/mol. The molecule has 0 atom stereocenters. The first-order valence-corrected chi connectivity index (χ1v) is 5.04. The van der Waals surface area contributed by atoms with Crippen molar-refractivity contribution in [2.75, 3.05) is 0 Å². The van der Waals surface area contributed by atoms with Gasteiger partial charge in [0.1, 0.15) is 0 Å². The molecule has 0 aliphatic rings. The Hall–Kier alpha value is -2.76. The van der Waals surface area contributed by atoms with Gasteiger partial charge in [-0.3, -0.25) is 0 Å². The summed E-state index contributed by atoms with van der Waals surface area (Å²) in [5, 5.41) is 0.625. The molecule has 18 heavy (non-hydrogen) atoms. The van der Waals surface area contributed by atoms with Gasteiger partial charge in [-0.25, -0.2) is 19.2 Å². The second-order valence-corrected chi connectivity index (χ2v) is 4.01. The van der Waals surface area contributed by atoms with Crippen LogP contribution >= 0.6 is 0 Å². The lowest BCUT2D eigenvalue weighted by atomic mass is 9.97. The van der Waals surface area contributed by atoms with Crippen molar-refractivity contribution >= 4 is 32.3 Å². The highest BCUT2D eigenvalue weighted by Gasteiger charge is 2.24. The summed E-state index contributed by atoms with van der Waals surface area (Å²) in [5.74, 6) is 0. The molecule has 2 heterocycles. The van der Waals surface area contributed by atoms with Gasteiger partial charge >= 0.3 is 22.5 Å². The van der Waals surface area contributed by atoms with Gasteiger partial charge in [0.25, 0.3) is 0 Å².